The van der Waals surface area contributed by atoms with Crippen LogP contribution in [0.25, 0.3) is 0 Å². The molecule has 0 atom stereocenters. The Hall–Kier alpha value is -3.95. The fourth-order valence-corrected chi connectivity index (χ4v) is 2.31. The van der Waals surface area contributed by atoms with E-state index in [-0.39, 0.29) is 16.9 Å². The molecule has 10 nitrogen and oxygen atoms in total. The summed E-state index contributed by atoms with van der Waals surface area (Å²) in [4.78, 5) is 45.7. The number of hydrogen-bond donors (Lipinski definition) is 3. The number of aryl methyl sites for hydroxylation is 2. The molecule has 10 heteroatoms. The third-order valence-electron chi connectivity index (χ3n) is 3.69. The standard InChI is InChI=1S/C18H18N4O6/c1-10-3-6-15(11(2)7-10)20-18(25)21-16(23)9-28-17(24)13-8-12(22(26)27)4-5-14(13)19/h3-8H,9,19H2,1-2H3,(H2,20,21,23,25). The highest BCUT2D eigenvalue weighted by molar-refractivity contribution is 6.03. The van der Waals surface area contributed by atoms with E-state index in [0.29, 0.717) is 5.69 Å². The smallest absolute Gasteiger partial charge is 0.341 e. The van der Waals surface area contributed by atoms with Crippen molar-refractivity contribution in [3.05, 3.63) is 63.2 Å². The number of nitrogens with zero attached hydrogens (tertiary/aromatic N) is 1. The number of anilines is 2. The first-order valence-electron chi connectivity index (χ1n) is 8.06. The minimum Gasteiger partial charge on any atom is -0.452 e. The third-order valence-corrected chi connectivity index (χ3v) is 3.69. The molecule has 2 aromatic rings. The number of nitrogens with two attached hydrogens (primary N) is 1. The number of urea groups is 1. The molecule has 28 heavy (non-hydrogen) atoms. The molecule has 0 aliphatic carbocycles. The van der Waals surface area contributed by atoms with E-state index in [1.54, 1.807) is 19.1 Å². The molecular weight excluding hydrogens is 368 g/mol. The SMILES string of the molecule is Cc1ccc(NC(=O)NC(=O)COC(=O)c2cc([N+](=O)[O-])ccc2N)c(C)c1. The van der Waals surface area contributed by atoms with Gasteiger partial charge in [0.15, 0.2) is 6.61 Å². The van der Waals surface area contributed by atoms with E-state index >= 15 is 0 Å². The van der Waals surface area contributed by atoms with E-state index in [0.717, 1.165) is 23.3 Å². The van der Waals surface area contributed by atoms with Gasteiger partial charge in [0.25, 0.3) is 11.6 Å². The van der Waals surface area contributed by atoms with Crippen molar-refractivity contribution >= 4 is 35.0 Å². The first kappa shape index (κ1) is 20.4. The average Bonchev–Trinajstić information content (AvgIpc) is 2.62. The van der Waals surface area contributed by atoms with Crippen LogP contribution in [0.1, 0.15) is 21.5 Å². The largest absolute Gasteiger partial charge is 0.452 e. The van der Waals surface area contributed by atoms with E-state index in [1.807, 2.05) is 18.3 Å². The van der Waals surface area contributed by atoms with Crippen molar-refractivity contribution in [2.75, 3.05) is 17.7 Å². The zero-order chi connectivity index (χ0) is 20.8. The van der Waals surface area contributed by atoms with Crippen LogP contribution in [0.5, 0.6) is 0 Å². The van der Waals surface area contributed by atoms with Crippen molar-refractivity contribution in [2.24, 2.45) is 0 Å². The van der Waals surface area contributed by atoms with Gasteiger partial charge in [-0.2, -0.15) is 0 Å². The summed E-state index contributed by atoms with van der Waals surface area (Å²) < 4.78 is 4.76. The quantitative estimate of drug-likeness (QED) is 0.308. The van der Waals surface area contributed by atoms with Crippen molar-refractivity contribution in [1.82, 2.24) is 5.32 Å². The maximum Gasteiger partial charge on any atom is 0.341 e. The Balaban J connectivity index is 1.91. The minimum absolute atomic E-state index is 0.0383. The Labute approximate surface area is 159 Å². The van der Waals surface area contributed by atoms with Gasteiger partial charge >= 0.3 is 12.0 Å². The maximum atomic E-state index is 12.0. The van der Waals surface area contributed by atoms with Gasteiger partial charge in [-0.3, -0.25) is 20.2 Å². The molecule has 0 saturated carbocycles. The van der Waals surface area contributed by atoms with Crippen LogP contribution in [0.4, 0.5) is 21.9 Å². The van der Waals surface area contributed by atoms with Crippen molar-refractivity contribution in [3.63, 3.8) is 0 Å². The van der Waals surface area contributed by atoms with Gasteiger partial charge in [-0.05, 0) is 31.5 Å². The number of rotatable bonds is 5. The molecule has 146 valence electrons. The number of nitrogen functional groups attached to an aromatic ring is 1. The Bertz CT molecular complexity index is 957. The number of esters is 1. The van der Waals surface area contributed by atoms with E-state index in [4.69, 9.17) is 10.5 Å². The Morgan fingerprint density at radius 1 is 1.14 bits per heavy atom. The summed E-state index contributed by atoms with van der Waals surface area (Å²) >= 11 is 0. The first-order valence-corrected chi connectivity index (χ1v) is 8.06. The van der Waals surface area contributed by atoms with Crippen LogP contribution >= 0.6 is 0 Å². The van der Waals surface area contributed by atoms with Gasteiger partial charge in [0.2, 0.25) is 0 Å². The summed E-state index contributed by atoms with van der Waals surface area (Å²) in [5.74, 6) is -1.90. The summed E-state index contributed by atoms with van der Waals surface area (Å²) in [5, 5.41) is 15.3. The molecule has 0 bridgehead atoms. The Kier molecular flexibility index (Phi) is 6.27. The topological polar surface area (TPSA) is 154 Å². The highest BCUT2D eigenvalue weighted by atomic mass is 16.6. The van der Waals surface area contributed by atoms with Crippen molar-refractivity contribution < 1.29 is 24.0 Å². The van der Waals surface area contributed by atoms with Gasteiger partial charge in [-0.1, -0.05) is 17.7 Å². The van der Waals surface area contributed by atoms with Crippen LogP contribution < -0.4 is 16.4 Å². The molecule has 2 rings (SSSR count). The number of benzene rings is 2. The molecule has 0 aliphatic rings. The zero-order valence-electron chi connectivity index (χ0n) is 15.1. The summed E-state index contributed by atoms with van der Waals surface area (Å²) in [7, 11) is 0. The molecule has 3 amide bonds. The number of hydrogen-bond acceptors (Lipinski definition) is 7. The van der Waals surface area contributed by atoms with E-state index in [2.05, 4.69) is 5.32 Å². The van der Waals surface area contributed by atoms with Crippen LogP contribution in [0.2, 0.25) is 0 Å². The van der Waals surface area contributed by atoms with Crippen LogP contribution in [-0.2, 0) is 9.53 Å². The van der Waals surface area contributed by atoms with Gasteiger partial charge < -0.3 is 15.8 Å². The van der Waals surface area contributed by atoms with Gasteiger partial charge in [0.05, 0.1) is 10.5 Å². The fourth-order valence-electron chi connectivity index (χ4n) is 2.31. The molecule has 0 fully saturated rings. The number of amides is 3. The molecule has 0 saturated heterocycles. The van der Waals surface area contributed by atoms with Gasteiger partial charge in [-0.15, -0.1) is 0 Å². The fraction of sp³-hybridized carbons (Fsp3) is 0.167. The summed E-state index contributed by atoms with van der Waals surface area (Å²) in [6.45, 7) is 2.94. The number of ether oxygens (including phenoxy) is 1. The second-order valence-corrected chi connectivity index (χ2v) is 5.93. The molecule has 0 aromatic heterocycles. The summed E-state index contributed by atoms with van der Waals surface area (Å²) in [6.07, 6.45) is 0. The lowest BCUT2D eigenvalue weighted by molar-refractivity contribution is -0.384. The number of imide groups is 1. The summed E-state index contributed by atoms with van der Waals surface area (Å²) in [5.41, 5.74) is 7.33. The van der Waals surface area contributed by atoms with Crippen molar-refractivity contribution in [1.29, 1.82) is 0 Å². The molecular formula is C18H18N4O6. The summed E-state index contributed by atoms with van der Waals surface area (Å²) in [6, 6.07) is 7.84. The molecule has 0 heterocycles. The molecule has 0 radical (unpaired) electrons. The van der Waals surface area contributed by atoms with E-state index in [9.17, 15) is 24.5 Å². The van der Waals surface area contributed by atoms with Crippen molar-refractivity contribution in [2.45, 2.75) is 13.8 Å². The Morgan fingerprint density at radius 2 is 1.86 bits per heavy atom. The predicted octanol–water partition coefficient (Wildman–Crippen LogP) is 2.30. The van der Waals surface area contributed by atoms with E-state index in [1.165, 1.54) is 6.07 Å². The molecule has 0 spiro atoms. The number of nitro groups is 1. The molecule has 2 aromatic carbocycles. The average molecular weight is 386 g/mol. The third kappa shape index (κ3) is 5.27. The molecule has 4 N–H and O–H groups in total. The van der Waals surface area contributed by atoms with Crippen LogP contribution in [0.3, 0.4) is 0 Å². The number of nitro benzene ring substituents is 1. The minimum atomic E-state index is -1.02. The lowest BCUT2D eigenvalue weighted by atomic mass is 10.1. The highest BCUT2D eigenvalue weighted by Crippen LogP contribution is 2.20. The highest BCUT2D eigenvalue weighted by Gasteiger charge is 2.18. The van der Waals surface area contributed by atoms with Gasteiger partial charge in [0, 0.05) is 23.5 Å². The Morgan fingerprint density at radius 3 is 2.50 bits per heavy atom. The van der Waals surface area contributed by atoms with Crippen molar-refractivity contribution in [3.8, 4) is 0 Å². The molecule has 0 aliphatic heterocycles. The van der Waals surface area contributed by atoms with Crippen LogP contribution in [0, 0.1) is 24.0 Å². The second-order valence-electron chi connectivity index (χ2n) is 5.93. The monoisotopic (exact) mass is 386 g/mol. The lowest BCUT2D eigenvalue weighted by Gasteiger charge is -2.10. The zero-order valence-corrected chi connectivity index (χ0v) is 15.1. The molecule has 0 unspecified atom stereocenters. The maximum absolute atomic E-state index is 12.0. The number of carbonyl (C=O) groups excluding carboxylic acids is 3. The van der Waals surface area contributed by atoms with Gasteiger partial charge in [0.1, 0.15) is 0 Å². The van der Waals surface area contributed by atoms with Gasteiger partial charge in [-0.25, -0.2) is 9.59 Å². The lowest BCUT2D eigenvalue weighted by Crippen LogP contribution is -2.37. The second kappa shape index (κ2) is 8.62. The first-order chi connectivity index (χ1) is 13.2. The predicted molar refractivity (Wildman–Crippen MR) is 101 cm³/mol. The number of non-ortho nitro benzene ring substituents is 1. The van der Waals surface area contributed by atoms with Crippen LogP contribution in [-0.4, -0.2) is 29.4 Å². The normalized spacial score (nSPS) is 10.1. The van der Waals surface area contributed by atoms with E-state index < -0.39 is 29.4 Å². The number of carbonyl (C=O) groups is 3. The number of nitrogens with one attached hydrogen (secondary N) is 2. The van der Waals surface area contributed by atoms with Crippen LogP contribution in [0.15, 0.2) is 36.4 Å².